The molecule has 0 spiro atoms. The number of ether oxygens (including phenoxy) is 3. The first-order valence-corrected chi connectivity index (χ1v) is 8.90. The molecular formula is C21H25NO6. The van der Waals surface area contributed by atoms with E-state index in [-0.39, 0.29) is 5.91 Å². The SMILES string of the molecule is COCCCOc1ccccc1NC(=O)c1cc(C)c(OCC(=O)O)c(C)c1. The van der Waals surface area contributed by atoms with Crippen molar-refractivity contribution < 1.29 is 28.9 Å². The Morgan fingerprint density at radius 1 is 1.04 bits per heavy atom. The van der Waals surface area contributed by atoms with E-state index in [1.165, 1.54) is 0 Å². The molecule has 0 aliphatic carbocycles. The van der Waals surface area contributed by atoms with Crippen molar-refractivity contribution in [3.05, 3.63) is 53.1 Å². The van der Waals surface area contributed by atoms with E-state index in [4.69, 9.17) is 19.3 Å². The normalized spacial score (nSPS) is 10.4. The lowest BCUT2D eigenvalue weighted by Crippen LogP contribution is -2.15. The zero-order valence-corrected chi connectivity index (χ0v) is 16.3. The van der Waals surface area contributed by atoms with E-state index >= 15 is 0 Å². The lowest BCUT2D eigenvalue weighted by atomic mass is 10.0. The van der Waals surface area contributed by atoms with E-state index in [0.29, 0.717) is 47.1 Å². The Morgan fingerprint density at radius 2 is 1.71 bits per heavy atom. The van der Waals surface area contributed by atoms with E-state index < -0.39 is 12.6 Å². The number of hydrogen-bond acceptors (Lipinski definition) is 5. The van der Waals surface area contributed by atoms with Gasteiger partial charge in [-0.1, -0.05) is 12.1 Å². The van der Waals surface area contributed by atoms with Gasteiger partial charge in [-0.15, -0.1) is 0 Å². The van der Waals surface area contributed by atoms with Gasteiger partial charge in [0.2, 0.25) is 0 Å². The minimum absolute atomic E-state index is 0.288. The number of aryl methyl sites for hydroxylation is 2. The highest BCUT2D eigenvalue weighted by molar-refractivity contribution is 6.05. The van der Waals surface area contributed by atoms with Crippen LogP contribution in [0.5, 0.6) is 11.5 Å². The summed E-state index contributed by atoms with van der Waals surface area (Å²) in [4.78, 5) is 23.4. The first-order chi connectivity index (χ1) is 13.4. The van der Waals surface area contributed by atoms with Crippen molar-refractivity contribution in [2.45, 2.75) is 20.3 Å². The smallest absolute Gasteiger partial charge is 0.341 e. The summed E-state index contributed by atoms with van der Waals surface area (Å²) < 4.78 is 16.0. The van der Waals surface area contributed by atoms with Crippen LogP contribution in [0.2, 0.25) is 0 Å². The van der Waals surface area contributed by atoms with Crippen molar-refractivity contribution >= 4 is 17.6 Å². The maximum absolute atomic E-state index is 12.7. The summed E-state index contributed by atoms with van der Waals surface area (Å²) in [5.41, 5.74) is 2.41. The maximum Gasteiger partial charge on any atom is 0.341 e. The molecule has 0 saturated heterocycles. The molecule has 0 aromatic heterocycles. The summed E-state index contributed by atoms with van der Waals surface area (Å²) in [5.74, 6) is -0.283. The number of para-hydroxylation sites is 2. The highest BCUT2D eigenvalue weighted by Crippen LogP contribution is 2.27. The van der Waals surface area contributed by atoms with Crippen LogP contribution < -0.4 is 14.8 Å². The van der Waals surface area contributed by atoms with Crippen LogP contribution in [0, 0.1) is 13.8 Å². The summed E-state index contributed by atoms with van der Waals surface area (Å²) >= 11 is 0. The maximum atomic E-state index is 12.7. The number of rotatable bonds is 10. The minimum Gasteiger partial charge on any atom is -0.491 e. The Labute approximate surface area is 164 Å². The van der Waals surface area contributed by atoms with Crippen LogP contribution >= 0.6 is 0 Å². The molecule has 0 radical (unpaired) electrons. The third-order valence-electron chi connectivity index (χ3n) is 3.95. The molecule has 1 amide bonds. The van der Waals surface area contributed by atoms with Crippen molar-refractivity contribution in [2.75, 3.05) is 32.2 Å². The molecule has 0 fully saturated rings. The summed E-state index contributed by atoms with van der Waals surface area (Å²) in [6.45, 7) is 4.20. The Hall–Kier alpha value is -3.06. The minimum atomic E-state index is -1.05. The molecule has 0 aliphatic heterocycles. The number of aliphatic carboxylic acids is 1. The van der Waals surface area contributed by atoms with Crippen LogP contribution in [0.15, 0.2) is 36.4 Å². The average molecular weight is 387 g/mol. The van der Waals surface area contributed by atoms with Gasteiger partial charge in [-0.2, -0.15) is 0 Å². The highest BCUT2D eigenvalue weighted by Gasteiger charge is 2.14. The van der Waals surface area contributed by atoms with Crippen LogP contribution in [0.4, 0.5) is 5.69 Å². The molecule has 150 valence electrons. The van der Waals surface area contributed by atoms with Crippen molar-refractivity contribution in [3.8, 4) is 11.5 Å². The number of benzene rings is 2. The number of carbonyl (C=O) groups is 2. The quantitative estimate of drug-likeness (QED) is 0.607. The Balaban J connectivity index is 2.12. The molecule has 0 bridgehead atoms. The van der Waals surface area contributed by atoms with Gasteiger partial charge in [-0.05, 0) is 49.2 Å². The van der Waals surface area contributed by atoms with Crippen molar-refractivity contribution in [2.24, 2.45) is 0 Å². The molecule has 2 N–H and O–H groups in total. The molecule has 7 heteroatoms. The number of amides is 1. The Bertz CT molecular complexity index is 810. The predicted molar refractivity (Wildman–Crippen MR) is 105 cm³/mol. The zero-order chi connectivity index (χ0) is 20.5. The number of nitrogens with one attached hydrogen (secondary N) is 1. The fourth-order valence-electron chi connectivity index (χ4n) is 2.72. The largest absolute Gasteiger partial charge is 0.491 e. The van der Waals surface area contributed by atoms with Gasteiger partial charge in [-0.25, -0.2) is 4.79 Å². The molecular weight excluding hydrogens is 362 g/mol. The predicted octanol–water partition coefficient (Wildman–Crippen LogP) is 3.43. The monoisotopic (exact) mass is 387 g/mol. The molecule has 0 heterocycles. The van der Waals surface area contributed by atoms with E-state index in [2.05, 4.69) is 5.32 Å². The lowest BCUT2D eigenvalue weighted by molar-refractivity contribution is -0.139. The number of hydrogen-bond donors (Lipinski definition) is 2. The second-order valence-corrected chi connectivity index (χ2v) is 6.27. The summed E-state index contributed by atoms with van der Waals surface area (Å²) in [6, 6.07) is 10.6. The lowest BCUT2D eigenvalue weighted by Gasteiger charge is -2.15. The summed E-state index contributed by atoms with van der Waals surface area (Å²) in [5, 5.41) is 11.6. The van der Waals surface area contributed by atoms with Crippen molar-refractivity contribution in [1.82, 2.24) is 0 Å². The van der Waals surface area contributed by atoms with Crippen molar-refractivity contribution in [3.63, 3.8) is 0 Å². The number of anilines is 1. The number of carboxylic acid groups (broad SMARTS) is 1. The summed E-state index contributed by atoms with van der Waals surface area (Å²) in [6.07, 6.45) is 0.745. The fourth-order valence-corrected chi connectivity index (χ4v) is 2.72. The van der Waals surface area contributed by atoms with Gasteiger partial charge in [0.05, 0.1) is 12.3 Å². The molecule has 2 aromatic carbocycles. The van der Waals surface area contributed by atoms with Gasteiger partial charge in [0.15, 0.2) is 6.61 Å². The number of methoxy groups -OCH3 is 1. The highest BCUT2D eigenvalue weighted by atomic mass is 16.5. The molecule has 0 atom stereocenters. The molecule has 2 rings (SSSR count). The average Bonchev–Trinajstić information content (AvgIpc) is 2.65. The van der Waals surface area contributed by atoms with Gasteiger partial charge < -0.3 is 24.6 Å². The third kappa shape index (κ3) is 5.99. The van der Waals surface area contributed by atoms with E-state index in [1.54, 1.807) is 45.2 Å². The van der Waals surface area contributed by atoms with Gasteiger partial charge in [0.25, 0.3) is 5.91 Å². The van der Waals surface area contributed by atoms with E-state index in [1.807, 2.05) is 12.1 Å². The van der Waals surface area contributed by atoms with Gasteiger partial charge >= 0.3 is 5.97 Å². The van der Waals surface area contributed by atoms with Crippen LogP contribution in [-0.2, 0) is 9.53 Å². The zero-order valence-electron chi connectivity index (χ0n) is 16.3. The van der Waals surface area contributed by atoms with Gasteiger partial charge in [0.1, 0.15) is 11.5 Å². The van der Waals surface area contributed by atoms with Crippen LogP contribution in [0.3, 0.4) is 0 Å². The van der Waals surface area contributed by atoms with Crippen LogP contribution in [-0.4, -0.2) is 43.9 Å². The van der Waals surface area contributed by atoms with Gasteiger partial charge in [-0.3, -0.25) is 4.79 Å². The van der Waals surface area contributed by atoms with Crippen LogP contribution in [0.25, 0.3) is 0 Å². The number of carboxylic acids is 1. The Morgan fingerprint density at radius 3 is 2.36 bits per heavy atom. The Kier molecular flexibility index (Phi) is 7.83. The molecule has 0 saturated carbocycles. The standard InChI is InChI=1S/C21H25NO6/c1-14-11-16(12-15(2)20(14)28-13-19(23)24)21(25)22-17-7-4-5-8-18(17)27-10-6-9-26-3/h4-5,7-8,11-12H,6,9-10,13H2,1-3H3,(H,22,25)(H,23,24). The first-order valence-electron chi connectivity index (χ1n) is 8.90. The molecule has 0 aliphatic rings. The van der Waals surface area contributed by atoms with E-state index in [9.17, 15) is 9.59 Å². The van der Waals surface area contributed by atoms with Gasteiger partial charge in [0, 0.05) is 25.7 Å². The second-order valence-electron chi connectivity index (χ2n) is 6.27. The molecule has 0 unspecified atom stereocenters. The molecule has 2 aromatic rings. The van der Waals surface area contributed by atoms with Crippen LogP contribution in [0.1, 0.15) is 27.9 Å². The first kappa shape index (κ1) is 21.2. The second kappa shape index (κ2) is 10.3. The fraction of sp³-hybridized carbons (Fsp3) is 0.333. The molecule has 7 nitrogen and oxygen atoms in total. The number of carbonyl (C=O) groups excluding carboxylic acids is 1. The third-order valence-corrected chi connectivity index (χ3v) is 3.95. The molecule has 28 heavy (non-hydrogen) atoms. The van der Waals surface area contributed by atoms with Crippen molar-refractivity contribution in [1.29, 1.82) is 0 Å². The summed E-state index contributed by atoms with van der Waals surface area (Å²) in [7, 11) is 1.64. The van der Waals surface area contributed by atoms with E-state index in [0.717, 1.165) is 6.42 Å². The topological polar surface area (TPSA) is 94.1 Å².